The number of aliphatic hydroxyl groups excluding tert-OH is 2. The van der Waals surface area contributed by atoms with Crippen LogP contribution >= 0.6 is 23.2 Å². The van der Waals surface area contributed by atoms with E-state index in [1.54, 1.807) is 129 Å². The number of aromatic nitrogens is 3. The molecule has 8 rings (SSSR count). The first-order chi connectivity index (χ1) is 37.8. The molecule has 1 aromatic heterocycles. The van der Waals surface area contributed by atoms with Crippen molar-refractivity contribution >= 4 is 58.8 Å². The average molecular weight is 1120 g/mol. The van der Waals surface area contributed by atoms with Crippen molar-refractivity contribution in [3.63, 3.8) is 0 Å². The number of rotatable bonds is 19. The molecule has 0 bridgehead atoms. The normalized spacial score (nSPS) is 13.4. The van der Waals surface area contributed by atoms with Crippen LogP contribution in [0.1, 0.15) is 47.2 Å². The molecule has 79 heavy (non-hydrogen) atoms. The zero-order chi connectivity index (χ0) is 57.2. The van der Waals surface area contributed by atoms with E-state index in [0.29, 0.717) is 55.7 Å². The molecule has 1 unspecified atom stereocenters. The second-order valence-corrected chi connectivity index (χ2v) is 17.9. The summed E-state index contributed by atoms with van der Waals surface area (Å²) >= 11 is 11.9. The average Bonchev–Trinajstić information content (AvgIpc) is 4.05. The number of amidine groups is 1. The van der Waals surface area contributed by atoms with Gasteiger partial charge in [-0.15, -0.1) is 5.10 Å². The number of amides is 2. The number of aromatic carboxylic acids is 1. The number of halogens is 4. The highest BCUT2D eigenvalue weighted by Crippen LogP contribution is 2.28. The maximum atomic E-state index is 14.3. The summed E-state index contributed by atoms with van der Waals surface area (Å²) in [6.07, 6.45) is -2.85. The quantitative estimate of drug-likeness (QED) is 0.0271. The maximum Gasteiger partial charge on any atom is 0.373 e. The fourth-order valence-electron chi connectivity index (χ4n) is 7.49. The van der Waals surface area contributed by atoms with Crippen LogP contribution in [-0.2, 0) is 41.7 Å². The standard InChI is InChI=1S/C28H26ClFN4O5.C18H20ClFN2O3.C9H7N3O3/c1-2-39-28(38)23(35)16-34(15-17-8-10-18(11-9-17)21-14-20(29)12-13-22(21)30)33-27(37)25-31-24(26(36)32-25)19-6-4-3-5-7-19;1-2-25-18(24)17(23)11-22(21)10-12-3-5-13(6-4-12)15-9-14(19)7-8-16(15)20;13-8(14)7-10-9(15)12(11-7)6-4-2-1-3-5-6/h3-14,23-24,35H,2,15-16H2,1H3,(H,33,37)(H,31,32,36);3-9,17,23H,2,10-11,21H2,1H3;1-5H,(H,13,14)(H,10,11,15)/t23-,24?;17-;/m11./s1. The van der Waals surface area contributed by atoms with E-state index in [9.17, 15) is 47.8 Å². The van der Waals surface area contributed by atoms with Gasteiger partial charge in [-0.2, -0.15) is 4.68 Å². The molecular weight excluding hydrogens is 1070 g/mol. The highest BCUT2D eigenvalue weighted by atomic mass is 35.5. The molecule has 2 amide bonds. The van der Waals surface area contributed by atoms with Crippen LogP contribution in [0, 0.1) is 11.6 Å². The van der Waals surface area contributed by atoms with Gasteiger partial charge in [0.1, 0.15) is 11.6 Å². The van der Waals surface area contributed by atoms with Gasteiger partial charge < -0.3 is 30.1 Å². The summed E-state index contributed by atoms with van der Waals surface area (Å²) in [6, 6.07) is 39.1. The minimum atomic E-state index is -1.55. The zero-order valence-corrected chi connectivity index (χ0v) is 43.8. The summed E-state index contributed by atoms with van der Waals surface area (Å²) in [4.78, 5) is 77.1. The Kier molecular flexibility index (Phi) is 21.8. The number of carbonyl (C=O) groups is 5. The fraction of sp³-hybridized carbons (Fsp3) is 0.200. The number of ether oxygens (including phenoxy) is 2. The van der Waals surface area contributed by atoms with Crippen molar-refractivity contribution < 1.29 is 57.5 Å². The predicted octanol–water partition coefficient (Wildman–Crippen LogP) is 6.18. The Morgan fingerprint density at radius 3 is 1.71 bits per heavy atom. The highest BCUT2D eigenvalue weighted by Gasteiger charge is 2.32. The molecule has 1 aliphatic heterocycles. The van der Waals surface area contributed by atoms with Crippen LogP contribution in [0.2, 0.25) is 10.0 Å². The number of nitrogens with two attached hydrogens (primary N) is 1. The van der Waals surface area contributed by atoms with Gasteiger partial charge in [0.15, 0.2) is 24.1 Å². The van der Waals surface area contributed by atoms with Crippen LogP contribution < -0.4 is 22.3 Å². The lowest BCUT2D eigenvalue weighted by atomic mass is 10.0. The topological polar surface area (TPSA) is 284 Å². The third-order valence-electron chi connectivity index (χ3n) is 11.2. The van der Waals surface area contributed by atoms with Crippen LogP contribution in [0.3, 0.4) is 0 Å². The lowest BCUT2D eigenvalue weighted by molar-refractivity contribution is -0.155. The van der Waals surface area contributed by atoms with Gasteiger partial charge in [-0.25, -0.2) is 43.0 Å². The first-order valence-corrected chi connectivity index (χ1v) is 24.8. The summed E-state index contributed by atoms with van der Waals surface area (Å²) < 4.78 is 38.8. The van der Waals surface area contributed by atoms with Crippen molar-refractivity contribution in [2.45, 2.75) is 45.2 Å². The van der Waals surface area contributed by atoms with E-state index in [4.69, 9.17) is 43.6 Å². The molecule has 2 heterocycles. The van der Waals surface area contributed by atoms with Crippen LogP contribution in [0.25, 0.3) is 27.9 Å². The number of H-pyrrole nitrogens is 1. The van der Waals surface area contributed by atoms with E-state index in [2.05, 4.69) is 25.8 Å². The third kappa shape index (κ3) is 17.3. The summed E-state index contributed by atoms with van der Waals surface area (Å²) in [6.45, 7) is 3.56. The Morgan fingerprint density at radius 2 is 1.22 bits per heavy atom. The molecule has 0 aliphatic carbocycles. The molecule has 7 aromatic rings. The number of aliphatic hydroxyl groups is 2. The second-order valence-electron chi connectivity index (χ2n) is 17.0. The van der Waals surface area contributed by atoms with Gasteiger partial charge in [0.25, 0.3) is 5.91 Å². The largest absolute Gasteiger partial charge is 0.475 e. The first-order valence-electron chi connectivity index (χ1n) is 24.1. The summed E-state index contributed by atoms with van der Waals surface area (Å²) in [5.41, 5.74) is 6.74. The number of hydrogen-bond donors (Lipinski definition) is 7. The van der Waals surface area contributed by atoms with E-state index in [1.807, 2.05) is 0 Å². The van der Waals surface area contributed by atoms with Gasteiger partial charge in [-0.05, 0) is 90.2 Å². The highest BCUT2D eigenvalue weighted by molar-refractivity contribution is 6.42. The third-order valence-corrected chi connectivity index (χ3v) is 11.7. The van der Waals surface area contributed by atoms with Crippen LogP contribution in [0.5, 0.6) is 0 Å². The molecule has 6 aromatic carbocycles. The number of para-hydroxylation sites is 1. The zero-order valence-electron chi connectivity index (χ0n) is 42.3. The number of carboxylic acids is 1. The van der Waals surface area contributed by atoms with Gasteiger partial charge in [-0.1, -0.05) is 120 Å². The van der Waals surface area contributed by atoms with Crippen molar-refractivity contribution in [3.05, 3.63) is 200 Å². The second kappa shape index (κ2) is 28.8. The van der Waals surface area contributed by atoms with Gasteiger partial charge in [0.05, 0.1) is 32.0 Å². The summed E-state index contributed by atoms with van der Waals surface area (Å²) in [5.74, 6) is 0.485. The van der Waals surface area contributed by atoms with Gasteiger partial charge in [0, 0.05) is 34.3 Å². The molecular formula is C55H53Cl2F2N9O11. The number of carbonyl (C=O) groups excluding carboxylic acids is 4. The van der Waals surface area contributed by atoms with E-state index in [1.165, 1.54) is 40.3 Å². The molecule has 20 nitrogen and oxygen atoms in total. The SMILES string of the molecule is CCOC(=O)[C@H](O)CN(Cc1ccc(-c2cc(Cl)ccc2F)cc1)NC(=O)C1=NC(c2ccccc2)C(=O)N1.CCOC(=O)[C@H](O)CN(N)Cc1ccc(-c2cc(Cl)ccc2F)cc1.O=C(O)c1nn(-c2ccccc2)c(=O)[nH]1. The molecule has 412 valence electrons. The summed E-state index contributed by atoms with van der Waals surface area (Å²) in [5, 5.41) is 38.2. The maximum absolute atomic E-state index is 14.3. The monoisotopic (exact) mass is 1120 g/mol. The number of nitrogens with zero attached hydrogens (tertiary/aromatic N) is 5. The van der Waals surface area contributed by atoms with Crippen molar-refractivity contribution in [3.8, 4) is 27.9 Å². The van der Waals surface area contributed by atoms with Crippen molar-refractivity contribution in [1.29, 1.82) is 0 Å². The van der Waals surface area contributed by atoms with E-state index >= 15 is 0 Å². The number of hydrazine groups is 2. The molecule has 0 saturated heterocycles. The Hall–Kier alpha value is -8.48. The lowest BCUT2D eigenvalue weighted by Gasteiger charge is -2.25. The minimum absolute atomic E-state index is 0.0521. The van der Waals surface area contributed by atoms with Crippen LogP contribution in [0.15, 0.2) is 155 Å². The van der Waals surface area contributed by atoms with Crippen molar-refractivity contribution in [2.24, 2.45) is 10.8 Å². The molecule has 3 atom stereocenters. The van der Waals surface area contributed by atoms with Crippen molar-refractivity contribution in [1.82, 2.24) is 35.5 Å². The van der Waals surface area contributed by atoms with Gasteiger partial charge in [-0.3, -0.25) is 25.8 Å². The Bertz CT molecular complexity index is 3320. The van der Waals surface area contributed by atoms with Gasteiger partial charge >= 0.3 is 29.5 Å². The van der Waals surface area contributed by atoms with Crippen LogP contribution in [-0.4, -0.2) is 114 Å². The van der Waals surface area contributed by atoms with Crippen molar-refractivity contribution in [2.75, 3.05) is 26.3 Å². The molecule has 0 spiro atoms. The number of carboxylic acid groups (broad SMARTS) is 1. The fourth-order valence-corrected chi connectivity index (χ4v) is 7.83. The lowest BCUT2D eigenvalue weighted by Crippen LogP contribution is -2.51. The summed E-state index contributed by atoms with van der Waals surface area (Å²) in [7, 11) is 0. The molecule has 1 aliphatic rings. The number of hydrogen-bond acceptors (Lipinski definition) is 15. The van der Waals surface area contributed by atoms with E-state index in [-0.39, 0.29) is 50.3 Å². The molecule has 0 fully saturated rings. The molecule has 8 N–H and O–H groups in total. The number of aromatic amines is 1. The molecule has 0 saturated carbocycles. The molecule has 0 radical (unpaired) electrons. The Morgan fingerprint density at radius 1 is 0.722 bits per heavy atom. The van der Waals surface area contributed by atoms with E-state index in [0.717, 1.165) is 10.2 Å². The molecule has 24 heteroatoms. The smallest absolute Gasteiger partial charge is 0.373 e. The number of aliphatic imine (C=N–C) groups is 1. The number of esters is 2. The first kappa shape index (κ1) is 59.8. The number of nitrogens with one attached hydrogen (secondary N) is 3. The number of benzene rings is 6. The minimum Gasteiger partial charge on any atom is -0.475 e. The Labute approximate surface area is 460 Å². The Balaban J connectivity index is 0.000000214. The van der Waals surface area contributed by atoms with Crippen LogP contribution in [0.4, 0.5) is 8.78 Å². The van der Waals surface area contributed by atoms with E-state index < -0.39 is 59.5 Å². The predicted molar refractivity (Wildman–Crippen MR) is 288 cm³/mol. The van der Waals surface area contributed by atoms with Gasteiger partial charge in [0.2, 0.25) is 5.82 Å².